The van der Waals surface area contributed by atoms with Crippen LogP contribution in [0.25, 0.3) is 0 Å². The van der Waals surface area contributed by atoms with Gasteiger partial charge in [0.25, 0.3) is 5.91 Å². The van der Waals surface area contributed by atoms with Gasteiger partial charge in [0.2, 0.25) is 17.6 Å². The topological polar surface area (TPSA) is 165 Å². The molecular formula is C37H44F3N5O8. The zero-order valence-corrected chi connectivity index (χ0v) is 30.0. The summed E-state index contributed by atoms with van der Waals surface area (Å²) in [4.78, 5) is 74.6. The molecule has 13 nitrogen and oxygen atoms in total. The highest BCUT2D eigenvalue weighted by molar-refractivity contribution is 6.38. The molecular weight excluding hydrogens is 699 g/mol. The maximum atomic E-state index is 14.5. The van der Waals surface area contributed by atoms with Gasteiger partial charge in [-0.25, -0.2) is 4.79 Å². The lowest BCUT2D eigenvalue weighted by atomic mass is 9.85. The minimum absolute atomic E-state index is 0.0476. The number of carbonyl (C=O) groups excluding carboxylic acids is 5. The normalized spacial score (nSPS) is 20.8. The fourth-order valence-electron chi connectivity index (χ4n) is 6.30. The van der Waals surface area contributed by atoms with Gasteiger partial charge in [-0.05, 0) is 60.1 Å². The molecule has 0 unspecified atom stereocenters. The van der Waals surface area contributed by atoms with Crippen molar-refractivity contribution < 1.29 is 51.5 Å². The number of halogens is 3. The Morgan fingerprint density at radius 1 is 1.00 bits per heavy atom. The lowest BCUT2D eigenvalue weighted by Gasteiger charge is -2.35. The molecule has 4 amide bonds. The smallest absolute Gasteiger partial charge is 0.445 e. The Bertz CT molecular complexity index is 1710. The van der Waals surface area contributed by atoms with Gasteiger partial charge in [-0.15, -0.1) is 13.2 Å². The number of amides is 4. The highest BCUT2D eigenvalue weighted by Gasteiger charge is 2.56. The molecule has 4 atom stereocenters. The molecule has 1 saturated carbocycles. The van der Waals surface area contributed by atoms with Gasteiger partial charge in [0.05, 0.1) is 18.3 Å². The van der Waals surface area contributed by atoms with Crippen LogP contribution in [0.2, 0.25) is 0 Å². The van der Waals surface area contributed by atoms with Crippen molar-refractivity contribution in [1.82, 2.24) is 20.9 Å². The number of rotatable bonds is 13. The number of nitrogens with zero attached hydrogens (tertiary/aromatic N) is 2. The summed E-state index contributed by atoms with van der Waals surface area (Å²) in [5.41, 5.74) is -0.577. The molecule has 16 heteroatoms. The van der Waals surface area contributed by atoms with Crippen LogP contribution in [-0.2, 0) is 35.4 Å². The summed E-state index contributed by atoms with van der Waals surface area (Å²) in [5, 5.41) is 12.2. The van der Waals surface area contributed by atoms with Crippen LogP contribution in [0.15, 0.2) is 59.8 Å². The van der Waals surface area contributed by atoms with E-state index in [0.717, 1.165) is 30.5 Å². The summed E-state index contributed by atoms with van der Waals surface area (Å²) in [6.07, 6.45) is -3.54. The van der Waals surface area contributed by atoms with E-state index in [0.29, 0.717) is 17.7 Å². The van der Waals surface area contributed by atoms with E-state index in [1.54, 1.807) is 52.0 Å². The van der Waals surface area contributed by atoms with Crippen LogP contribution in [0, 0.1) is 5.41 Å². The molecule has 1 saturated heterocycles. The first-order chi connectivity index (χ1) is 25.0. The highest BCUT2D eigenvalue weighted by Crippen LogP contribution is 2.40. The van der Waals surface area contributed by atoms with Crippen molar-refractivity contribution in [3.8, 4) is 5.75 Å². The number of alkyl carbamates (subject to hydrolysis) is 1. The SMILES string of the molecule is CCC[C@H](NC(=O)[C@@H]1C[C@]2(CC(c3ccc(OC(F)(F)F)cc3)=NO2)CN1C(=O)[C@@H](NC(=O)OCc1ccccc1)C(C)(C)C)C(=O)C(=O)NC1CC1. The lowest BCUT2D eigenvalue weighted by molar-refractivity contribution is -0.274. The number of alkyl halides is 3. The highest BCUT2D eigenvalue weighted by atomic mass is 19.4. The minimum Gasteiger partial charge on any atom is -0.445 e. The lowest BCUT2D eigenvalue weighted by Crippen LogP contribution is -2.59. The van der Waals surface area contributed by atoms with Gasteiger partial charge in [0.1, 0.15) is 24.4 Å². The van der Waals surface area contributed by atoms with Gasteiger partial charge in [-0.2, -0.15) is 0 Å². The second-order valence-electron chi connectivity index (χ2n) is 14.7. The van der Waals surface area contributed by atoms with E-state index >= 15 is 0 Å². The second-order valence-corrected chi connectivity index (χ2v) is 14.7. The van der Waals surface area contributed by atoms with Crippen LogP contribution >= 0.6 is 0 Å². The summed E-state index contributed by atoms with van der Waals surface area (Å²) in [6, 6.07) is 10.4. The van der Waals surface area contributed by atoms with Crippen molar-refractivity contribution in [2.75, 3.05) is 6.54 Å². The largest absolute Gasteiger partial charge is 0.573 e. The maximum Gasteiger partial charge on any atom is 0.573 e. The standard InChI is InChI=1S/C37H44F3N5O8/c1-5-9-26(29(46)32(48)41-24-14-15-24)42-31(47)28-19-36(18-27(44-53-36)23-12-16-25(17-13-23)52-37(38,39)40)21-45(28)33(49)30(35(2,3)4)43-34(50)51-20-22-10-7-6-8-11-22/h6-8,10-13,16-17,24,26,28,30H,5,9,14-15,18-21H2,1-4H3,(H,41,48)(H,42,47)(H,43,50)/t26-,28-,30+,36+/m0/s1. The number of carbonyl (C=O) groups is 5. The minimum atomic E-state index is -4.87. The zero-order valence-electron chi connectivity index (χ0n) is 30.0. The summed E-state index contributed by atoms with van der Waals surface area (Å²) in [5.74, 6) is -3.34. The third-order valence-corrected chi connectivity index (χ3v) is 9.18. The van der Waals surface area contributed by atoms with Gasteiger partial charge in [0, 0.05) is 18.9 Å². The molecule has 0 aromatic heterocycles. The number of benzene rings is 2. The molecule has 2 aromatic rings. The van der Waals surface area contributed by atoms with Crippen LogP contribution in [-0.4, -0.2) is 82.9 Å². The fraction of sp³-hybridized carbons (Fsp3) is 0.514. The van der Waals surface area contributed by atoms with Crippen molar-refractivity contribution >= 4 is 35.3 Å². The molecule has 2 aliphatic heterocycles. The van der Waals surface area contributed by atoms with Crippen molar-refractivity contribution in [1.29, 1.82) is 0 Å². The number of ether oxygens (including phenoxy) is 2. The monoisotopic (exact) mass is 743 g/mol. The molecule has 2 heterocycles. The van der Waals surface area contributed by atoms with E-state index in [9.17, 15) is 37.1 Å². The quantitative estimate of drug-likeness (QED) is 0.252. The van der Waals surface area contributed by atoms with Crippen LogP contribution < -0.4 is 20.7 Å². The van der Waals surface area contributed by atoms with E-state index in [-0.39, 0.29) is 38.5 Å². The number of likely N-dealkylation sites (tertiary alicyclic amines) is 1. The number of hydrogen-bond acceptors (Lipinski definition) is 9. The van der Waals surface area contributed by atoms with Gasteiger partial charge in [0.15, 0.2) is 5.60 Å². The predicted molar refractivity (Wildman–Crippen MR) is 184 cm³/mol. The van der Waals surface area contributed by atoms with Crippen LogP contribution in [0.1, 0.15) is 77.3 Å². The zero-order chi connectivity index (χ0) is 38.6. The predicted octanol–water partition coefficient (Wildman–Crippen LogP) is 4.52. The van der Waals surface area contributed by atoms with Crippen molar-refractivity contribution in [2.45, 2.75) is 109 Å². The number of hydrogen-bond donors (Lipinski definition) is 3. The summed E-state index contributed by atoms with van der Waals surface area (Å²) in [6.45, 7) is 6.81. The number of oxime groups is 1. The molecule has 1 aliphatic carbocycles. The fourth-order valence-corrected chi connectivity index (χ4v) is 6.30. The summed E-state index contributed by atoms with van der Waals surface area (Å²) >= 11 is 0. The molecule has 2 fully saturated rings. The Kier molecular flexibility index (Phi) is 11.7. The average molecular weight is 744 g/mol. The van der Waals surface area contributed by atoms with E-state index < -0.39 is 70.9 Å². The molecule has 5 rings (SSSR count). The van der Waals surface area contributed by atoms with Gasteiger partial charge < -0.3 is 35.2 Å². The van der Waals surface area contributed by atoms with Gasteiger partial charge in [-0.3, -0.25) is 19.2 Å². The third-order valence-electron chi connectivity index (χ3n) is 9.18. The average Bonchev–Trinajstić information content (AvgIpc) is 3.69. The van der Waals surface area contributed by atoms with Crippen LogP contribution in [0.5, 0.6) is 5.75 Å². The maximum absolute atomic E-state index is 14.5. The number of nitrogens with one attached hydrogen (secondary N) is 3. The summed E-state index contributed by atoms with van der Waals surface area (Å²) < 4.78 is 47.5. The molecule has 0 bridgehead atoms. The Morgan fingerprint density at radius 3 is 2.28 bits per heavy atom. The molecule has 1 spiro atoms. The van der Waals surface area contributed by atoms with Gasteiger partial charge in [-0.1, -0.05) is 69.6 Å². The van der Waals surface area contributed by atoms with Crippen LogP contribution in [0.4, 0.5) is 18.0 Å². The first kappa shape index (κ1) is 39.1. The Morgan fingerprint density at radius 2 is 1.68 bits per heavy atom. The Hall–Kier alpha value is -5.15. The second kappa shape index (κ2) is 15.8. The Balaban J connectivity index is 1.37. The first-order valence-corrected chi connectivity index (χ1v) is 17.5. The number of ketones is 1. The third kappa shape index (κ3) is 10.3. The van der Waals surface area contributed by atoms with Crippen molar-refractivity contribution in [3.63, 3.8) is 0 Å². The van der Waals surface area contributed by atoms with Crippen molar-refractivity contribution in [3.05, 3.63) is 65.7 Å². The van der Waals surface area contributed by atoms with E-state index in [4.69, 9.17) is 9.57 Å². The van der Waals surface area contributed by atoms with E-state index in [2.05, 4.69) is 25.8 Å². The molecule has 2 aromatic carbocycles. The molecule has 3 N–H and O–H groups in total. The summed E-state index contributed by atoms with van der Waals surface area (Å²) in [7, 11) is 0. The van der Waals surface area contributed by atoms with E-state index in [1.165, 1.54) is 17.0 Å². The number of Topliss-reactive ketones (excluding diaryl/α,β-unsaturated/α-hetero) is 1. The Labute approximate surface area is 304 Å². The first-order valence-electron chi connectivity index (χ1n) is 17.5. The van der Waals surface area contributed by atoms with Crippen LogP contribution in [0.3, 0.4) is 0 Å². The molecule has 3 aliphatic rings. The molecule has 53 heavy (non-hydrogen) atoms. The molecule has 286 valence electrons. The van der Waals surface area contributed by atoms with Gasteiger partial charge >= 0.3 is 12.5 Å². The molecule has 0 radical (unpaired) electrons. The van der Waals surface area contributed by atoms with E-state index in [1.807, 2.05) is 6.07 Å². The van der Waals surface area contributed by atoms with Crippen molar-refractivity contribution in [2.24, 2.45) is 10.6 Å².